The zero-order valence-electron chi connectivity index (χ0n) is 18.6. The summed E-state index contributed by atoms with van der Waals surface area (Å²) < 4.78 is 15.2. The van der Waals surface area contributed by atoms with Gasteiger partial charge in [-0.2, -0.15) is 0 Å². The number of hydrogen-bond donors (Lipinski definition) is 0. The van der Waals surface area contributed by atoms with Crippen molar-refractivity contribution in [2.75, 3.05) is 14.2 Å². The van der Waals surface area contributed by atoms with Crippen molar-refractivity contribution in [2.45, 2.75) is 37.6 Å². The van der Waals surface area contributed by atoms with Gasteiger partial charge in [0.25, 0.3) is 0 Å². The second kappa shape index (κ2) is 11.0. The van der Waals surface area contributed by atoms with E-state index in [9.17, 15) is 0 Å². The molecule has 1 aliphatic carbocycles. The first-order valence-corrected chi connectivity index (χ1v) is 16.3. The van der Waals surface area contributed by atoms with Gasteiger partial charge in [-0.1, -0.05) is 62.4 Å². The van der Waals surface area contributed by atoms with Gasteiger partial charge in [0.2, 0.25) is 0 Å². The largest absolute Gasteiger partial charge is 0.494 e. The molecule has 1 saturated carbocycles. The van der Waals surface area contributed by atoms with E-state index in [4.69, 9.17) is 9.47 Å². The maximum Gasteiger partial charge on any atom is 0.151 e. The second-order valence-electron chi connectivity index (χ2n) is 8.46. The molecule has 0 bridgehead atoms. The highest BCUT2D eigenvalue weighted by atomic mass is 79.9. The van der Waals surface area contributed by atoms with E-state index in [1.54, 1.807) is 14.2 Å². The average Bonchev–Trinajstić information content (AvgIpc) is 2.81. The lowest BCUT2D eigenvalue weighted by atomic mass is 10.0. The van der Waals surface area contributed by atoms with Crippen LogP contribution in [0.25, 0.3) is 0 Å². The van der Waals surface area contributed by atoms with Crippen LogP contribution in [-0.2, 0) is 0 Å². The van der Waals surface area contributed by atoms with Gasteiger partial charge in [0.1, 0.15) is 11.5 Å². The van der Waals surface area contributed by atoms with Crippen LogP contribution in [0.1, 0.15) is 32.1 Å². The van der Waals surface area contributed by atoms with Crippen LogP contribution in [0.5, 0.6) is 11.5 Å². The fourth-order valence-electron chi connectivity index (χ4n) is 5.41. The lowest BCUT2D eigenvalue weighted by molar-refractivity contribution is 0.409. The van der Waals surface area contributed by atoms with Crippen LogP contribution >= 0.6 is 63.7 Å². The van der Waals surface area contributed by atoms with Crippen LogP contribution in [0, 0.1) is 0 Å². The third kappa shape index (κ3) is 4.77. The number of methoxy groups -OCH3 is 2. The van der Waals surface area contributed by atoms with Crippen LogP contribution < -0.4 is 25.0 Å². The summed E-state index contributed by atoms with van der Waals surface area (Å²) in [5.41, 5.74) is 0.591. The second-order valence-corrected chi connectivity index (χ2v) is 16.0. The molecule has 33 heavy (non-hydrogen) atoms. The van der Waals surface area contributed by atoms with E-state index in [1.165, 1.54) is 47.7 Å². The van der Waals surface area contributed by atoms with Crippen LogP contribution in [0.4, 0.5) is 0 Å². The first-order chi connectivity index (χ1) is 15.9. The number of halogens is 4. The van der Waals surface area contributed by atoms with E-state index in [-0.39, 0.29) is 0 Å². The van der Waals surface area contributed by atoms with Crippen molar-refractivity contribution in [3.8, 4) is 11.5 Å². The monoisotopic (exact) mass is 714 g/mol. The summed E-state index contributed by atoms with van der Waals surface area (Å²) in [7, 11) is 0.976. The van der Waals surface area contributed by atoms with Crippen molar-refractivity contribution in [3.05, 3.63) is 72.5 Å². The molecular weight excluding hydrogens is 692 g/mol. The Morgan fingerprint density at radius 2 is 1.06 bits per heavy atom. The maximum atomic E-state index is 5.66. The van der Waals surface area contributed by atoms with Gasteiger partial charge in [0, 0.05) is 0 Å². The summed E-state index contributed by atoms with van der Waals surface area (Å²) in [6.45, 7) is 0. The minimum atomic E-state index is -2.45. The molecule has 4 rings (SSSR count). The summed E-state index contributed by atoms with van der Waals surface area (Å²) >= 11 is 15.2. The fraction of sp³-hybridized carbons (Fsp3) is 0.308. The van der Waals surface area contributed by atoms with Gasteiger partial charge in [-0.05, 0) is 109 Å². The van der Waals surface area contributed by atoms with Crippen molar-refractivity contribution in [1.29, 1.82) is 0 Å². The van der Waals surface area contributed by atoms with Crippen LogP contribution in [0.15, 0.2) is 72.5 Å². The van der Waals surface area contributed by atoms with Gasteiger partial charge in [0.05, 0.1) is 32.1 Å². The number of ether oxygens (including phenoxy) is 2. The predicted octanol–water partition coefficient (Wildman–Crippen LogP) is 7.56. The van der Waals surface area contributed by atoms with Crippen LogP contribution in [0.2, 0.25) is 5.54 Å². The molecule has 0 spiro atoms. The van der Waals surface area contributed by atoms with E-state index in [0.717, 1.165) is 29.4 Å². The summed E-state index contributed by atoms with van der Waals surface area (Å²) in [5.74, 6) is 1.66. The van der Waals surface area contributed by atoms with Crippen LogP contribution in [0.3, 0.4) is 0 Å². The molecule has 0 aromatic heterocycles. The predicted molar refractivity (Wildman–Crippen MR) is 155 cm³/mol. The third-order valence-electron chi connectivity index (χ3n) is 6.76. The topological polar surface area (TPSA) is 18.5 Å². The molecule has 1 aliphatic rings. The Bertz CT molecular complexity index is 1020. The van der Waals surface area contributed by atoms with Crippen LogP contribution in [-0.4, -0.2) is 22.3 Å². The molecule has 2 nitrogen and oxygen atoms in total. The van der Waals surface area contributed by atoms with Gasteiger partial charge in [-0.15, -0.1) is 0 Å². The highest BCUT2D eigenvalue weighted by Gasteiger charge is 2.47. The number of rotatable bonds is 6. The molecule has 174 valence electrons. The Morgan fingerprint density at radius 3 is 1.45 bits per heavy atom. The molecule has 0 radical (unpaired) electrons. The molecule has 0 saturated heterocycles. The molecule has 3 aromatic carbocycles. The molecule has 0 unspecified atom stereocenters. The summed E-state index contributed by atoms with van der Waals surface area (Å²) in [4.78, 5) is 0. The molecule has 0 aliphatic heterocycles. The average molecular weight is 718 g/mol. The minimum absolute atomic E-state index is 0.591. The molecule has 3 aromatic rings. The Morgan fingerprint density at radius 1 is 0.636 bits per heavy atom. The summed E-state index contributed by atoms with van der Waals surface area (Å²) in [6, 6.07) is 20.3. The van der Waals surface area contributed by atoms with Gasteiger partial charge in [-0.25, -0.2) is 0 Å². The van der Waals surface area contributed by atoms with E-state index >= 15 is 0 Å². The maximum absolute atomic E-state index is 5.66. The van der Waals surface area contributed by atoms with Gasteiger partial charge in [-0.3, -0.25) is 0 Å². The Hall–Kier alpha value is -0.603. The third-order valence-corrected chi connectivity index (χ3v) is 14.6. The Balaban J connectivity index is 2.11. The smallest absolute Gasteiger partial charge is 0.151 e. The zero-order chi connectivity index (χ0) is 23.6. The highest BCUT2D eigenvalue weighted by molar-refractivity contribution is 9.11. The first kappa shape index (κ1) is 25.5. The molecule has 0 heterocycles. The van der Waals surface area contributed by atoms with E-state index in [0.29, 0.717) is 5.54 Å². The lowest BCUT2D eigenvalue weighted by Crippen LogP contribution is -2.70. The normalized spacial score (nSPS) is 14.8. The highest BCUT2D eigenvalue weighted by Crippen LogP contribution is 2.41. The van der Waals surface area contributed by atoms with Gasteiger partial charge in [0.15, 0.2) is 8.07 Å². The fourth-order valence-corrected chi connectivity index (χ4v) is 15.2. The molecule has 0 N–H and O–H groups in total. The zero-order valence-corrected chi connectivity index (χ0v) is 26.0. The number of hydrogen-bond acceptors (Lipinski definition) is 2. The quantitative estimate of drug-likeness (QED) is 0.194. The summed E-state index contributed by atoms with van der Waals surface area (Å²) in [5, 5.41) is 4.19. The van der Waals surface area contributed by atoms with Gasteiger partial charge < -0.3 is 9.47 Å². The lowest BCUT2D eigenvalue weighted by Gasteiger charge is -2.43. The van der Waals surface area contributed by atoms with E-state index in [1.807, 2.05) is 0 Å². The van der Waals surface area contributed by atoms with E-state index in [2.05, 4.69) is 118 Å². The molecule has 0 amide bonds. The van der Waals surface area contributed by atoms with Crippen molar-refractivity contribution >= 4 is 87.4 Å². The SMILES string of the molecule is COc1c(Br)cc([Si](c2ccccc2)(c2cc(Br)c(OC)c(Br)c2)C2CCCCC2)cc1Br. The molecular formula is C26H26Br4O2Si. The summed E-state index contributed by atoms with van der Waals surface area (Å²) in [6.07, 6.45) is 6.36. The van der Waals surface area contributed by atoms with Crippen molar-refractivity contribution in [2.24, 2.45) is 0 Å². The van der Waals surface area contributed by atoms with Crippen molar-refractivity contribution < 1.29 is 9.47 Å². The number of benzene rings is 3. The van der Waals surface area contributed by atoms with Gasteiger partial charge >= 0.3 is 0 Å². The van der Waals surface area contributed by atoms with E-state index < -0.39 is 8.07 Å². The minimum Gasteiger partial charge on any atom is -0.494 e. The van der Waals surface area contributed by atoms with Crippen molar-refractivity contribution in [3.63, 3.8) is 0 Å². The van der Waals surface area contributed by atoms with Crippen molar-refractivity contribution in [1.82, 2.24) is 0 Å². The Labute approximate surface area is 231 Å². The molecule has 0 atom stereocenters. The standard InChI is InChI=1S/C26H26Br4O2Si/c1-31-25-21(27)13-19(14-22(25)28)33(17-9-5-3-6-10-17,18-11-7-4-8-12-18)20-15-23(29)26(32-2)24(30)16-20/h3,5-6,9-10,13-16,18H,4,7-8,11-12H2,1-2H3. The first-order valence-electron chi connectivity index (χ1n) is 11.1. The molecule has 1 fully saturated rings. The Kier molecular flexibility index (Phi) is 8.48. The molecule has 7 heteroatoms.